The van der Waals surface area contributed by atoms with Crippen LogP contribution in [0.2, 0.25) is 0 Å². The van der Waals surface area contributed by atoms with Gasteiger partial charge in [-0.3, -0.25) is 4.79 Å². The van der Waals surface area contributed by atoms with Crippen LogP contribution < -0.4 is 5.32 Å². The molecule has 0 aromatic rings. The van der Waals surface area contributed by atoms with Crippen molar-refractivity contribution in [1.29, 1.82) is 0 Å². The number of nitrogens with one attached hydrogen (secondary N) is 1. The van der Waals surface area contributed by atoms with Crippen molar-refractivity contribution in [3.05, 3.63) is 12.2 Å². The van der Waals surface area contributed by atoms with Gasteiger partial charge < -0.3 is 19.9 Å². The Hall–Kier alpha value is -1.40. The smallest absolute Gasteiger partial charge is 0.329 e. The van der Waals surface area contributed by atoms with E-state index in [1.807, 2.05) is 19.1 Å². The topological polar surface area (TPSA) is 84.9 Å². The Labute approximate surface area is 112 Å². The molecule has 1 rings (SSSR count). The summed E-state index contributed by atoms with van der Waals surface area (Å²) in [5.74, 6) is -1.12. The normalized spacial score (nSPS) is 23.4. The highest BCUT2D eigenvalue weighted by atomic mass is 16.5. The number of allylic oxidation sites excluding steroid dienone is 1. The highest BCUT2D eigenvalue weighted by molar-refractivity contribution is 5.77. The van der Waals surface area contributed by atoms with Crippen LogP contribution in [0.25, 0.3) is 0 Å². The van der Waals surface area contributed by atoms with Gasteiger partial charge in [-0.15, -0.1) is 0 Å². The SMILES string of the molecule is CCC=CCC(=O)N[C@@H]1COCC[C@@H]1OCC(=O)O. The predicted molar refractivity (Wildman–Crippen MR) is 68.8 cm³/mol. The van der Waals surface area contributed by atoms with Crippen molar-refractivity contribution in [1.82, 2.24) is 5.32 Å². The Balaban J connectivity index is 2.40. The predicted octanol–water partition coefficient (Wildman–Crippen LogP) is 0.718. The van der Waals surface area contributed by atoms with Gasteiger partial charge in [0, 0.05) is 13.0 Å². The number of rotatable bonds is 7. The third kappa shape index (κ3) is 6.35. The van der Waals surface area contributed by atoms with Gasteiger partial charge in [-0.25, -0.2) is 4.79 Å². The first-order valence-corrected chi connectivity index (χ1v) is 6.49. The number of hydrogen-bond donors (Lipinski definition) is 2. The van der Waals surface area contributed by atoms with Gasteiger partial charge in [0.25, 0.3) is 0 Å². The molecule has 0 unspecified atom stereocenters. The maximum Gasteiger partial charge on any atom is 0.329 e. The Morgan fingerprint density at radius 2 is 2.26 bits per heavy atom. The van der Waals surface area contributed by atoms with Crippen LogP contribution in [0.5, 0.6) is 0 Å². The van der Waals surface area contributed by atoms with Crippen LogP contribution in [0.4, 0.5) is 0 Å². The zero-order chi connectivity index (χ0) is 14.1. The first kappa shape index (κ1) is 15.7. The van der Waals surface area contributed by atoms with Gasteiger partial charge in [0.2, 0.25) is 5.91 Å². The zero-order valence-electron chi connectivity index (χ0n) is 11.1. The number of aliphatic carboxylic acids is 1. The molecule has 0 aromatic carbocycles. The van der Waals surface area contributed by atoms with E-state index in [-0.39, 0.29) is 24.7 Å². The summed E-state index contributed by atoms with van der Waals surface area (Å²) in [6, 6.07) is -0.282. The van der Waals surface area contributed by atoms with Crippen LogP contribution in [0.15, 0.2) is 12.2 Å². The Kier molecular flexibility index (Phi) is 7.14. The van der Waals surface area contributed by atoms with E-state index in [9.17, 15) is 9.59 Å². The molecule has 1 heterocycles. The third-order valence-electron chi connectivity index (χ3n) is 2.77. The second-order valence-corrected chi connectivity index (χ2v) is 4.36. The molecule has 0 aromatic heterocycles. The first-order chi connectivity index (χ1) is 9.13. The molecule has 108 valence electrons. The minimum absolute atomic E-state index is 0.107. The maximum atomic E-state index is 11.7. The van der Waals surface area contributed by atoms with Crippen molar-refractivity contribution in [2.75, 3.05) is 19.8 Å². The second kappa shape index (κ2) is 8.66. The largest absolute Gasteiger partial charge is 0.480 e. The summed E-state index contributed by atoms with van der Waals surface area (Å²) < 4.78 is 10.6. The van der Waals surface area contributed by atoms with E-state index in [1.165, 1.54) is 0 Å². The molecule has 2 N–H and O–H groups in total. The highest BCUT2D eigenvalue weighted by Gasteiger charge is 2.28. The van der Waals surface area contributed by atoms with Gasteiger partial charge in [-0.2, -0.15) is 0 Å². The van der Waals surface area contributed by atoms with Gasteiger partial charge in [0.15, 0.2) is 0 Å². The molecule has 0 spiro atoms. The summed E-state index contributed by atoms with van der Waals surface area (Å²) in [7, 11) is 0. The second-order valence-electron chi connectivity index (χ2n) is 4.36. The molecular formula is C13H21NO5. The molecule has 1 fully saturated rings. The Morgan fingerprint density at radius 1 is 1.47 bits per heavy atom. The molecule has 6 nitrogen and oxygen atoms in total. The van der Waals surface area contributed by atoms with Crippen molar-refractivity contribution in [3.8, 4) is 0 Å². The van der Waals surface area contributed by atoms with Crippen molar-refractivity contribution < 1.29 is 24.2 Å². The molecule has 0 bridgehead atoms. The first-order valence-electron chi connectivity index (χ1n) is 6.49. The lowest BCUT2D eigenvalue weighted by atomic mass is 10.1. The highest BCUT2D eigenvalue weighted by Crippen LogP contribution is 2.12. The van der Waals surface area contributed by atoms with Gasteiger partial charge in [-0.1, -0.05) is 19.1 Å². The van der Waals surface area contributed by atoms with Crippen molar-refractivity contribution in [2.24, 2.45) is 0 Å². The van der Waals surface area contributed by atoms with Gasteiger partial charge in [0.05, 0.1) is 18.8 Å². The molecule has 0 radical (unpaired) electrons. The summed E-state index contributed by atoms with van der Waals surface area (Å²) in [6.07, 6.45) is 5.23. The molecule has 2 atom stereocenters. The molecule has 0 aliphatic carbocycles. The number of carboxylic acids is 1. The summed E-state index contributed by atoms with van der Waals surface area (Å²) in [4.78, 5) is 22.2. The maximum absolute atomic E-state index is 11.7. The third-order valence-corrected chi connectivity index (χ3v) is 2.77. The summed E-state index contributed by atoms with van der Waals surface area (Å²) in [5.41, 5.74) is 0. The Morgan fingerprint density at radius 3 is 2.95 bits per heavy atom. The van der Waals surface area contributed by atoms with Crippen molar-refractivity contribution in [2.45, 2.75) is 38.3 Å². The van der Waals surface area contributed by atoms with E-state index in [0.29, 0.717) is 26.1 Å². The van der Waals surface area contributed by atoms with E-state index in [0.717, 1.165) is 6.42 Å². The number of ether oxygens (including phenoxy) is 2. The fourth-order valence-electron chi connectivity index (χ4n) is 1.85. The molecule has 6 heteroatoms. The number of hydrogen-bond acceptors (Lipinski definition) is 4. The molecule has 1 amide bonds. The number of carbonyl (C=O) groups is 2. The molecule has 1 saturated heterocycles. The summed E-state index contributed by atoms with van der Waals surface area (Å²) >= 11 is 0. The van der Waals surface area contributed by atoms with Crippen LogP contribution in [-0.2, 0) is 19.1 Å². The van der Waals surface area contributed by atoms with Gasteiger partial charge >= 0.3 is 5.97 Å². The molecule has 19 heavy (non-hydrogen) atoms. The minimum Gasteiger partial charge on any atom is -0.480 e. The van der Waals surface area contributed by atoms with E-state index in [2.05, 4.69) is 5.32 Å². The van der Waals surface area contributed by atoms with E-state index in [1.54, 1.807) is 0 Å². The van der Waals surface area contributed by atoms with Crippen molar-refractivity contribution in [3.63, 3.8) is 0 Å². The van der Waals surface area contributed by atoms with Crippen LogP contribution in [-0.4, -0.2) is 48.9 Å². The van der Waals surface area contributed by atoms with E-state index >= 15 is 0 Å². The molecular weight excluding hydrogens is 250 g/mol. The number of carbonyl (C=O) groups excluding carboxylic acids is 1. The lowest BCUT2D eigenvalue weighted by molar-refractivity contribution is -0.148. The zero-order valence-corrected chi connectivity index (χ0v) is 11.1. The van der Waals surface area contributed by atoms with Crippen LogP contribution in [0, 0.1) is 0 Å². The van der Waals surface area contributed by atoms with Gasteiger partial charge in [0.1, 0.15) is 6.61 Å². The fourth-order valence-corrected chi connectivity index (χ4v) is 1.85. The average Bonchev–Trinajstić information content (AvgIpc) is 2.38. The Bertz CT molecular complexity index is 329. The standard InChI is InChI=1S/C13H21NO5/c1-2-3-4-5-12(15)14-10-8-18-7-6-11(10)19-9-13(16)17/h3-4,10-11H,2,5-9H2,1H3,(H,14,15)(H,16,17)/t10-,11+/m1/s1. The van der Waals surface area contributed by atoms with E-state index < -0.39 is 5.97 Å². The minimum atomic E-state index is -1.01. The average molecular weight is 271 g/mol. The van der Waals surface area contributed by atoms with E-state index in [4.69, 9.17) is 14.6 Å². The summed E-state index contributed by atoms with van der Waals surface area (Å²) in [6.45, 7) is 2.52. The fraction of sp³-hybridized carbons (Fsp3) is 0.692. The molecule has 1 aliphatic heterocycles. The van der Waals surface area contributed by atoms with Crippen molar-refractivity contribution >= 4 is 11.9 Å². The molecule has 0 saturated carbocycles. The quantitative estimate of drug-likeness (QED) is 0.666. The molecule has 1 aliphatic rings. The van der Waals surface area contributed by atoms with Crippen LogP contribution in [0.1, 0.15) is 26.2 Å². The van der Waals surface area contributed by atoms with Gasteiger partial charge in [-0.05, 0) is 12.8 Å². The number of carboxylic acid groups (broad SMARTS) is 1. The monoisotopic (exact) mass is 271 g/mol. The lowest BCUT2D eigenvalue weighted by Gasteiger charge is -2.31. The van der Waals surface area contributed by atoms with Crippen LogP contribution >= 0.6 is 0 Å². The lowest BCUT2D eigenvalue weighted by Crippen LogP contribution is -2.50. The number of amides is 1. The summed E-state index contributed by atoms with van der Waals surface area (Å²) in [5, 5.41) is 11.4. The van der Waals surface area contributed by atoms with Crippen LogP contribution in [0.3, 0.4) is 0 Å².